The average molecular weight is 361 g/mol. The van der Waals surface area contributed by atoms with Gasteiger partial charge in [0.15, 0.2) is 12.4 Å². The molecule has 1 aromatic carbocycles. The second-order valence-corrected chi connectivity index (χ2v) is 5.68. The molecule has 1 aliphatic carbocycles. The van der Waals surface area contributed by atoms with E-state index in [2.05, 4.69) is 26.1 Å². The zero-order valence-corrected chi connectivity index (χ0v) is 13.1. The van der Waals surface area contributed by atoms with E-state index in [9.17, 15) is 0 Å². The number of nitrogens with two attached hydrogens (primary N) is 1. The van der Waals surface area contributed by atoms with E-state index in [-0.39, 0.29) is 24.6 Å². The largest absolute Gasteiger partial charge is 0.484 e. The second kappa shape index (κ2) is 6.11. The Labute approximate surface area is 131 Å². The van der Waals surface area contributed by atoms with Crippen LogP contribution in [0.25, 0.3) is 0 Å². The van der Waals surface area contributed by atoms with Gasteiger partial charge in [-0.1, -0.05) is 21.1 Å². The number of benzene rings is 1. The molecule has 20 heavy (non-hydrogen) atoms. The van der Waals surface area contributed by atoms with E-state index in [0.29, 0.717) is 11.7 Å². The number of hydrogen-bond donors (Lipinski definition) is 1. The first-order valence-electron chi connectivity index (χ1n) is 6.16. The summed E-state index contributed by atoms with van der Waals surface area (Å²) in [4.78, 5) is 4.30. The summed E-state index contributed by atoms with van der Waals surface area (Å²) in [6.07, 6.45) is 2.95. The molecule has 1 aliphatic rings. The van der Waals surface area contributed by atoms with E-state index in [1.165, 1.54) is 0 Å². The van der Waals surface area contributed by atoms with Crippen LogP contribution in [-0.2, 0) is 12.1 Å². The molecule has 1 saturated carbocycles. The first-order valence-corrected chi connectivity index (χ1v) is 6.95. The third-order valence-corrected chi connectivity index (χ3v) is 3.86. The van der Waals surface area contributed by atoms with Gasteiger partial charge in [-0.15, -0.1) is 12.4 Å². The van der Waals surface area contributed by atoms with Gasteiger partial charge in [0.05, 0.1) is 5.54 Å². The molecule has 0 bridgehead atoms. The van der Waals surface area contributed by atoms with Crippen LogP contribution in [-0.4, -0.2) is 10.1 Å². The van der Waals surface area contributed by atoms with Crippen LogP contribution < -0.4 is 10.5 Å². The van der Waals surface area contributed by atoms with Gasteiger partial charge >= 0.3 is 0 Å². The average Bonchev–Trinajstić information content (AvgIpc) is 2.84. The Balaban J connectivity index is 0.00000147. The zero-order chi connectivity index (χ0) is 13.3. The lowest BCUT2D eigenvalue weighted by molar-refractivity contribution is 0.223. The van der Waals surface area contributed by atoms with Gasteiger partial charge in [-0.3, -0.25) is 0 Å². The summed E-state index contributed by atoms with van der Waals surface area (Å²) in [5, 5.41) is 3.94. The minimum Gasteiger partial charge on any atom is -0.484 e. The van der Waals surface area contributed by atoms with E-state index in [1.54, 1.807) is 0 Å². The molecular weight excluding hydrogens is 346 g/mol. The molecule has 5 nitrogen and oxygen atoms in total. The van der Waals surface area contributed by atoms with E-state index >= 15 is 0 Å². The fourth-order valence-electron chi connectivity index (χ4n) is 1.97. The van der Waals surface area contributed by atoms with Gasteiger partial charge in [0.25, 0.3) is 5.89 Å². The lowest BCUT2D eigenvalue weighted by atomic mass is 9.77. The lowest BCUT2D eigenvalue weighted by Crippen LogP contribution is -2.44. The number of aromatic nitrogens is 2. The summed E-state index contributed by atoms with van der Waals surface area (Å²) >= 11 is 3.37. The minimum atomic E-state index is -0.390. The van der Waals surface area contributed by atoms with Crippen molar-refractivity contribution in [2.24, 2.45) is 5.73 Å². The molecule has 1 fully saturated rings. The van der Waals surface area contributed by atoms with Crippen molar-refractivity contribution in [2.75, 3.05) is 0 Å². The summed E-state index contributed by atoms with van der Waals surface area (Å²) < 4.78 is 11.7. The second-order valence-electron chi connectivity index (χ2n) is 4.76. The van der Waals surface area contributed by atoms with Crippen LogP contribution in [0.2, 0.25) is 0 Å². The molecule has 0 atom stereocenters. The van der Waals surface area contributed by atoms with E-state index in [1.807, 2.05) is 24.3 Å². The number of rotatable bonds is 4. The monoisotopic (exact) mass is 359 g/mol. The molecule has 0 spiro atoms. The van der Waals surface area contributed by atoms with Crippen molar-refractivity contribution >= 4 is 28.3 Å². The smallest absolute Gasteiger partial charge is 0.264 e. The number of hydrogen-bond acceptors (Lipinski definition) is 5. The van der Waals surface area contributed by atoms with Crippen LogP contribution in [0.1, 0.15) is 31.0 Å². The Morgan fingerprint density at radius 3 is 2.60 bits per heavy atom. The first kappa shape index (κ1) is 15.3. The van der Waals surface area contributed by atoms with Crippen LogP contribution >= 0.6 is 28.3 Å². The Bertz CT molecular complexity index is 569. The number of ether oxygens (including phenoxy) is 1. The molecule has 2 N–H and O–H groups in total. The molecule has 0 radical (unpaired) electrons. The highest BCUT2D eigenvalue weighted by molar-refractivity contribution is 9.10. The molecule has 0 aliphatic heterocycles. The van der Waals surface area contributed by atoms with Crippen LogP contribution in [0, 0.1) is 0 Å². The third-order valence-electron chi connectivity index (χ3n) is 3.34. The van der Waals surface area contributed by atoms with Gasteiger partial charge in [-0.25, -0.2) is 0 Å². The van der Waals surface area contributed by atoms with Crippen LogP contribution in [0.4, 0.5) is 0 Å². The Morgan fingerprint density at radius 1 is 1.30 bits per heavy atom. The van der Waals surface area contributed by atoms with Gasteiger partial charge in [0.1, 0.15) is 5.75 Å². The van der Waals surface area contributed by atoms with Crippen LogP contribution in [0.5, 0.6) is 5.75 Å². The normalized spacial score (nSPS) is 16.1. The summed E-state index contributed by atoms with van der Waals surface area (Å²) in [5.41, 5.74) is 5.74. The van der Waals surface area contributed by atoms with Gasteiger partial charge < -0.3 is 15.0 Å². The predicted octanol–water partition coefficient (Wildman–Crippen LogP) is 3.17. The highest BCUT2D eigenvalue weighted by Gasteiger charge is 2.38. The van der Waals surface area contributed by atoms with Crippen LogP contribution in [0.3, 0.4) is 0 Å². The number of nitrogens with zero attached hydrogens (tertiary/aromatic N) is 2. The van der Waals surface area contributed by atoms with Crippen molar-refractivity contribution < 1.29 is 9.26 Å². The first-order chi connectivity index (χ1) is 9.16. The highest BCUT2D eigenvalue weighted by atomic mass is 79.9. The van der Waals surface area contributed by atoms with Gasteiger partial charge in [0, 0.05) is 4.47 Å². The maximum absolute atomic E-state index is 6.13. The molecule has 0 saturated heterocycles. The van der Waals surface area contributed by atoms with Crippen molar-refractivity contribution in [2.45, 2.75) is 31.4 Å². The summed E-state index contributed by atoms with van der Waals surface area (Å²) in [5.74, 6) is 1.80. The van der Waals surface area contributed by atoms with E-state index in [4.69, 9.17) is 15.0 Å². The van der Waals surface area contributed by atoms with Crippen molar-refractivity contribution in [3.63, 3.8) is 0 Å². The molecule has 2 aromatic rings. The molecule has 1 aromatic heterocycles. The highest BCUT2D eigenvalue weighted by Crippen LogP contribution is 2.36. The molecule has 0 unspecified atom stereocenters. The fourth-order valence-corrected chi connectivity index (χ4v) is 2.24. The zero-order valence-electron chi connectivity index (χ0n) is 10.7. The quantitative estimate of drug-likeness (QED) is 0.906. The van der Waals surface area contributed by atoms with Crippen molar-refractivity contribution in [3.05, 3.63) is 40.5 Å². The fraction of sp³-hybridized carbons (Fsp3) is 0.385. The Kier molecular flexibility index (Phi) is 4.67. The molecule has 108 valence electrons. The molecule has 1 heterocycles. The maximum atomic E-state index is 6.13. The molecule has 0 amide bonds. The summed E-state index contributed by atoms with van der Waals surface area (Å²) in [6.45, 7) is 0.255. The summed E-state index contributed by atoms with van der Waals surface area (Å²) in [7, 11) is 0. The van der Waals surface area contributed by atoms with Crippen LogP contribution in [0.15, 0.2) is 33.3 Å². The van der Waals surface area contributed by atoms with Gasteiger partial charge in [-0.2, -0.15) is 4.98 Å². The van der Waals surface area contributed by atoms with Crippen molar-refractivity contribution in [3.8, 4) is 5.75 Å². The lowest BCUT2D eigenvalue weighted by Gasteiger charge is -2.34. The SMILES string of the molecule is Cl.NC1(c2noc(COc3ccc(Br)cc3)n2)CCC1. The van der Waals surface area contributed by atoms with Gasteiger partial charge in [0.2, 0.25) is 0 Å². The standard InChI is InChI=1S/C13H14BrN3O2.ClH/c14-9-2-4-10(5-3-9)18-8-11-16-12(17-19-11)13(15)6-1-7-13;/h2-5H,1,6-8,15H2;1H. The van der Waals surface area contributed by atoms with E-state index in [0.717, 1.165) is 29.5 Å². The Hall–Kier alpha value is -1.11. The van der Waals surface area contributed by atoms with Gasteiger partial charge in [-0.05, 0) is 43.5 Å². The van der Waals surface area contributed by atoms with Crippen molar-refractivity contribution in [1.29, 1.82) is 0 Å². The summed E-state index contributed by atoms with van der Waals surface area (Å²) in [6, 6.07) is 7.57. The minimum absolute atomic E-state index is 0. The molecular formula is C13H15BrClN3O2. The predicted molar refractivity (Wildman–Crippen MR) is 79.7 cm³/mol. The van der Waals surface area contributed by atoms with Crippen molar-refractivity contribution in [1.82, 2.24) is 10.1 Å². The maximum Gasteiger partial charge on any atom is 0.264 e. The topological polar surface area (TPSA) is 74.2 Å². The molecule has 3 rings (SSSR count). The Morgan fingerprint density at radius 2 is 2.00 bits per heavy atom. The molecule has 7 heteroatoms. The van der Waals surface area contributed by atoms with E-state index < -0.39 is 0 Å². The number of halogens is 2. The third kappa shape index (κ3) is 3.13.